The lowest BCUT2D eigenvalue weighted by Gasteiger charge is -2.29. The molecule has 0 heterocycles. The lowest BCUT2D eigenvalue weighted by Crippen LogP contribution is -2.34. The summed E-state index contributed by atoms with van der Waals surface area (Å²) in [6.07, 6.45) is 2.37. The van der Waals surface area contributed by atoms with Crippen molar-refractivity contribution in [1.82, 2.24) is 0 Å². The van der Waals surface area contributed by atoms with E-state index in [2.05, 4.69) is 0 Å². The van der Waals surface area contributed by atoms with E-state index in [-0.39, 0.29) is 11.7 Å². The molecule has 0 saturated heterocycles. The maximum absolute atomic E-state index is 10.9. The van der Waals surface area contributed by atoms with Crippen LogP contribution < -0.4 is 0 Å². The van der Waals surface area contributed by atoms with E-state index in [1.807, 2.05) is 13.8 Å². The molecule has 2 atom stereocenters. The van der Waals surface area contributed by atoms with Gasteiger partial charge in [-0.25, -0.2) is 8.42 Å². The van der Waals surface area contributed by atoms with Gasteiger partial charge in [-0.3, -0.25) is 0 Å². The molecule has 3 nitrogen and oxygen atoms in total. The highest BCUT2D eigenvalue weighted by Gasteiger charge is 2.27. The Hall–Kier alpha value is -0.0900. The average molecular weight is 208 g/mol. The van der Waals surface area contributed by atoms with Gasteiger partial charge in [-0.05, 0) is 19.3 Å². The molecule has 0 bridgehead atoms. The van der Waals surface area contributed by atoms with Crippen LogP contribution in [0.2, 0.25) is 0 Å². The summed E-state index contributed by atoms with van der Waals surface area (Å²) in [6.45, 7) is 5.62. The maximum Gasteiger partial charge on any atom is 0.147 e. The number of aliphatic hydroxyl groups is 1. The topological polar surface area (TPSA) is 54.4 Å². The van der Waals surface area contributed by atoms with E-state index in [0.29, 0.717) is 6.42 Å². The van der Waals surface area contributed by atoms with Crippen LogP contribution in [0.5, 0.6) is 0 Å². The van der Waals surface area contributed by atoms with Crippen LogP contribution in [0.15, 0.2) is 0 Å². The van der Waals surface area contributed by atoms with E-state index in [9.17, 15) is 13.5 Å². The summed E-state index contributed by atoms with van der Waals surface area (Å²) < 4.78 is 21.8. The molecule has 0 aliphatic heterocycles. The Morgan fingerprint density at radius 2 is 1.92 bits per heavy atom. The third kappa shape index (κ3) is 5.26. The first-order valence-corrected chi connectivity index (χ1v) is 6.65. The van der Waals surface area contributed by atoms with Crippen LogP contribution in [0.3, 0.4) is 0 Å². The normalized spacial score (nSPS) is 19.5. The van der Waals surface area contributed by atoms with Gasteiger partial charge in [-0.15, -0.1) is 0 Å². The SMILES string of the molecule is CCC(C)C(C)(O)CCS(C)(=O)=O. The zero-order valence-electron chi connectivity index (χ0n) is 8.87. The van der Waals surface area contributed by atoms with Gasteiger partial charge in [0.1, 0.15) is 9.84 Å². The summed E-state index contributed by atoms with van der Waals surface area (Å²) in [4.78, 5) is 0. The van der Waals surface area contributed by atoms with Crippen LogP contribution in [0.4, 0.5) is 0 Å². The van der Waals surface area contributed by atoms with Crippen molar-refractivity contribution in [2.45, 2.75) is 39.2 Å². The van der Waals surface area contributed by atoms with Gasteiger partial charge in [0.2, 0.25) is 0 Å². The first kappa shape index (κ1) is 12.9. The molecule has 80 valence electrons. The van der Waals surface area contributed by atoms with Crippen molar-refractivity contribution in [1.29, 1.82) is 0 Å². The third-order valence-corrected chi connectivity index (χ3v) is 3.60. The van der Waals surface area contributed by atoms with E-state index >= 15 is 0 Å². The highest BCUT2D eigenvalue weighted by atomic mass is 32.2. The molecule has 4 heteroatoms. The Morgan fingerprint density at radius 3 is 2.23 bits per heavy atom. The summed E-state index contributed by atoms with van der Waals surface area (Å²) in [7, 11) is -2.96. The highest BCUT2D eigenvalue weighted by Crippen LogP contribution is 2.23. The van der Waals surface area contributed by atoms with E-state index < -0.39 is 15.4 Å². The van der Waals surface area contributed by atoms with E-state index in [1.54, 1.807) is 6.92 Å². The van der Waals surface area contributed by atoms with Crippen LogP contribution in [0, 0.1) is 5.92 Å². The van der Waals surface area contributed by atoms with Crippen molar-refractivity contribution in [3.05, 3.63) is 0 Å². The molecule has 0 spiro atoms. The zero-order valence-corrected chi connectivity index (χ0v) is 9.69. The molecule has 0 aromatic rings. The van der Waals surface area contributed by atoms with Crippen molar-refractivity contribution in [3.63, 3.8) is 0 Å². The van der Waals surface area contributed by atoms with Gasteiger partial charge in [0, 0.05) is 6.26 Å². The van der Waals surface area contributed by atoms with Crippen LogP contribution in [0.1, 0.15) is 33.6 Å². The van der Waals surface area contributed by atoms with Crippen LogP contribution >= 0.6 is 0 Å². The zero-order chi connectivity index (χ0) is 10.7. The fourth-order valence-corrected chi connectivity index (χ4v) is 1.86. The molecular weight excluding hydrogens is 188 g/mol. The van der Waals surface area contributed by atoms with Gasteiger partial charge in [0.25, 0.3) is 0 Å². The van der Waals surface area contributed by atoms with Gasteiger partial charge < -0.3 is 5.11 Å². The lowest BCUT2D eigenvalue weighted by molar-refractivity contribution is 0.00203. The van der Waals surface area contributed by atoms with Crippen LogP contribution in [0.25, 0.3) is 0 Å². The fourth-order valence-electron chi connectivity index (χ4n) is 1.08. The van der Waals surface area contributed by atoms with Crippen molar-refractivity contribution in [2.75, 3.05) is 12.0 Å². The van der Waals surface area contributed by atoms with Crippen molar-refractivity contribution in [3.8, 4) is 0 Å². The Bertz CT molecular complexity index is 242. The maximum atomic E-state index is 10.9. The molecule has 0 aliphatic rings. The van der Waals surface area contributed by atoms with Crippen molar-refractivity contribution >= 4 is 9.84 Å². The summed E-state index contributed by atoms with van der Waals surface area (Å²) in [6, 6.07) is 0. The Labute approximate surface area is 81.1 Å². The van der Waals surface area contributed by atoms with Gasteiger partial charge in [-0.1, -0.05) is 20.3 Å². The fraction of sp³-hybridized carbons (Fsp3) is 1.00. The Balaban J connectivity index is 4.19. The van der Waals surface area contributed by atoms with Gasteiger partial charge in [0.05, 0.1) is 11.4 Å². The van der Waals surface area contributed by atoms with Gasteiger partial charge in [-0.2, -0.15) is 0 Å². The first-order valence-electron chi connectivity index (χ1n) is 4.59. The second-order valence-corrected chi connectivity index (χ2v) is 6.31. The quantitative estimate of drug-likeness (QED) is 0.739. The molecule has 0 rings (SSSR count). The molecule has 2 unspecified atom stereocenters. The molecule has 13 heavy (non-hydrogen) atoms. The average Bonchev–Trinajstić information content (AvgIpc) is 1.98. The Morgan fingerprint density at radius 1 is 1.46 bits per heavy atom. The summed E-state index contributed by atoms with van der Waals surface area (Å²) >= 11 is 0. The van der Waals surface area contributed by atoms with E-state index in [0.717, 1.165) is 6.42 Å². The number of sulfone groups is 1. The lowest BCUT2D eigenvalue weighted by atomic mass is 9.86. The largest absolute Gasteiger partial charge is 0.390 e. The van der Waals surface area contributed by atoms with Crippen LogP contribution in [-0.2, 0) is 9.84 Å². The van der Waals surface area contributed by atoms with E-state index in [4.69, 9.17) is 0 Å². The third-order valence-electron chi connectivity index (χ3n) is 2.65. The summed E-state index contributed by atoms with van der Waals surface area (Å²) in [5, 5.41) is 9.88. The number of hydrogen-bond donors (Lipinski definition) is 1. The van der Waals surface area contributed by atoms with Gasteiger partial charge in [0.15, 0.2) is 0 Å². The van der Waals surface area contributed by atoms with E-state index in [1.165, 1.54) is 6.26 Å². The van der Waals surface area contributed by atoms with Gasteiger partial charge >= 0.3 is 0 Å². The molecule has 0 aromatic heterocycles. The number of hydrogen-bond acceptors (Lipinski definition) is 3. The Kier molecular flexibility index (Phi) is 4.39. The standard InChI is InChI=1S/C9H20O3S/c1-5-8(2)9(3,10)6-7-13(4,11)12/h8,10H,5-7H2,1-4H3. The molecule has 0 radical (unpaired) electrons. The molecular formula is C9H20O3S. The highest BCUT2D eigenvalue weighted by molar-refractivity contribution is 7.90. The monoisotopic (exact) mass is 208 g/mol. The predicted molar refractivity (Wildman–Crippen MR) is 54.4 cm³/mol. The minimum absolute atomic E-state index is 0.0599. The predicted octanol–water partition coefficient (Wildman–Crippen LogP) is 1.22. The smallest absolute Gasteiger partial charge is 0.147 e. The molecule has 0 aromatic carbocycles. The summed E-state index contributed by atoms with van der Waals surface area (Å²) in [5.41, 5.74) is -0.863. The second-order valence-electron chi connectivity index (χ2n) is 4.05. The summed E-state index contributed by atoms with van der Waals surface area (Å²) in [5.74, 6) is 0.193. The number of rotatable bonds is 5. The molecule has 0 saturated carbocycles. The first-order chi connectivity index (χ1) is 5.69. The van der Waals surface area contributed by atoms with Crippen LogP contribution in [-0.4, -0.2) is 31.1 Å². The molecule has 1 N–H and O–H groups in total. The van der Waals surface area contributed by atoms with Crippen molar-refractivity contribution < 1.29 is 13.5 Å². The molecule has 0 amide bonds. The molecule has 0 fully saturated rings. The second kappa shape index (κ2) is 4.42. The minimum atomic E-state index is -2.96. The molecule has 0 aliphatic carbocycles. The van der Waals surface area contributed by atoms with Crippen molar-refractivity contribution in [2.24, 2.45) is 5.92 Å². The minimum Gasteiger partial charge on any atom is -0.390 e.